The van der Waals surface area contributed by atoms with Gasteiger partial charge in [0, 0.05) is 17.8 Å². The summed E-state index contributed by atoms with van der Waals surface area (Å²) in [5, 5.41) is 13.0. The van der Waals surface area contributed by atoms with E-state index >= 15 is 0 Å². The molecule has 108 valence electrons. The molecule has 0 radical (unpaired) electrons. The smallest absolute Gasteiger partial charge is 0.152 e. The summed E-state index contributed by atoms with van der Waals surface area (Å²) in [4.78, 5) is 11.1. The van der Waals surface area contributed by atoms with Crippen LogP contribution in [0.4, 0.5) is 5.82 Å². The molecule has 0 fully saturated rings. The lowest BCUT2D eigenvalue weighted by Crippen LogP contribution is -2.09. The fraction of sp³-hybridized carbons (Fsp3) is 0.429. The van der Waals surface area contributed by atoms with Gasteiger partial charge in [-0.15, -0.1) is 21.5 Å². The summed E-state index contributed by atoms with van der Waals surface area (Å²) in [6.07, 6.45) is 3.82. The zero-order chi connectivity index (χ0) is 14.4. The van der Waals surface area contributed by atoms with Crippen LogP contribution in [0.25, 0.3) is 10.2 Å². The van der Waals surface area contributed by atoms with E-state index in [0.29, 0.717) is 6.54 Å². The van der Waals surface area contributed by atoms with Crippen molar-refractivity contribution < 1.29 is 0 Å². The lowest BCUT2D eigenvalue weighted by Gasteiger charge is -2.07. The van der Waals surface area contributed by atoms with Gasteiger partial charge in [-0.25, -0.2) is 9.97 Å². The average molecular weight is 300 g/mol. The maximum absolute atomic E-state index is 4.40. The summed E-state index contributed by atoms with van der Waals surface area (Å²) in [5.74, 6) is 2.97. The summed E-state index contributed by atoms with van der Waals surface area (Å²) in [6, 6.07) is 0. The highest BCUT2D eigenvalue weighted by Crippen LogP contribution is 2.32. The number of rotatable bonds is 3. The van der Waals surface area contributed by atoms with Crippen LogP contribution in [0.2, 0.25) is 0 Å². The van der Waals surface area contributed by atoms with Crippen molar-refractivity contribution >= 4 is 27.4 Å². The molecule has 0 bridgehead atoms. The van der Waals surface area contributed by atoms with Crippen molar-refractivity contribution in [1.82, 2.24) is 24.7 Å². The predicted octanol–water partition coefficient (Wildman–Crippen LogP) is 2.46. The lowest BCUT2D eigenvalue weighted by molar-refractivity contribution is 0.695. The first-order chi connectivity index (χ1) is 10.2. The highest BCUT2D eigenvalue weighted by Gasteiger charge is 2.18. The number of nitrogens with one attached hydrogen (secondary N) is 1. The van der Waals surface area contributed by atoms with E-state index in [4.69, 9.17) is 0 Å². The average Bonchev–Trinajstić information content (AvgIpc) is 3.14. The Balaban J connectivity index is 1.65. The quantitative estimate of drug-likeness (QED) is 0.804. The molecule has 1 N–H and O–H groups in total. The molecule has 3 aromatic heterocycles. The third kappa shape index (κ3) is 1.99. The van der Waals surface area contributed by atoms with E-state index in [2.05, 4.69) is 43.9 Å². The number of anilines is 1. The first-order valence-corrected chi connectivity index (χ1v) is 7.91. The molecular formula is C14H16N6S. The zero-order valence-corrected chi connectivity index (χ0v) is 12.9. The van der Waals surface area contributed by atoms with Gasteiger partial charge in [0.15, 0.2) is 5.82 Å². The van der Waals surface area contributed by atoms with Crippen LogP contribution in [-0.2, 0) is 19.5 Å². The molecule has 3 aromatic rings. The standard InChI is InChI=1S/C14H16N6S/c1-8-9(2)21-14-12(8)13(16-7-17-14)15-6-11-19-18-10-4-3-5-20(10)11/h7H,3-6H2,1-2H3,(H,15,16,17). The van der Waals surface area contributed by atoms with E-state index in [-0.39, 0.29) is 0 Å². The lowest BCUT2D eigenvalue weighted by atomic mass is 10.2. The Morgan fingerprint density at radius 2 is 2.19 bits per heavy atom. The van der Waals surface area contributed by atoms with Crippen molar-refractivity contribution in [2.24, 2.45) is 0 Å². The van der Waals surface area contributed by atoms with E-state index in [1.54, 1.807) is 17.7 Å². The van der Waals surface area contributed by atoms with Crippen molar-refractivity contribution in [3.05, 3.63) is 28.4 Å². The molecule has 0 saturated heterocycles. The van der Waals surface area contributed by atoms with Gasteiger partial charge in [0.05, 0.1) is 11.9 Å². The van der Waals surface area contributed by atoms with Gasteiger partial charge in [-0.05, 0) is 25.8 Å². The molecule has 0 spiro atoms. The van der Waals surface area contributed by atoms with Gasteiger partial charge >= 0.3 is 0 Å². The van der Waals surface area contributed by atoms with Gasteiger partial charge in [-0.3, -0.25) is 0 Å². The van der Waals surface area contributed by atoms with Crippen molar-refractivity contribution in [3.8, 4) is 0 Å². The second kappa shape index (κ2) is 4.77. The third-order valence-corrected chi connectivity index (χ3v) is 5.18. The fourth-order valence-corrected chi connectivity index (χ4v) is 3.82. The number of aromatic nitrogens is 5. The highest BCUT2D eigenvalue weighted by atomic mass is 32.1. The molecule has 7 heteroatoms. The molecule has 0 amide bonds. The molecule has 0 aromatic carbocycles. The number of hydrogen-bond donors (Lipinski definition) is 1. The molecule has 1 aliphatic rings. The normalized spacial score (nSPS) is 13.8. The predicted molar refractivity (Wildman–Crippen MR) is 82.6 cm³/mol. The fourth-order valence-electron chi connectivity index (χ4n) is 2.82. The molecule has 0 aliphatic carbocycles. The maximum atomic E-state index is 4.40. The summed E-state index contributed by atoms with van der Waals surface area (Å²) in [5.41, 5.74) is 1.25. The van der Waals surface area contributed by atoms with E-state index in [1.807, 2.05) is 0 Å². The van der Waals surface area contributed by atoms with Crippen molar-refractivity contribution in [3.63, 3.8) is 0 Å². The van der Waals surface area contributed by atoms with Crippen molar-refractivity contribution in [2.75, 3.05) is 5.32 Å². The van der Waals surface area contributed by atoms with Crippen LogP contribution in [0.3, 0.4) is 0 Å². The maximum Gasteiger partial charge on any atom is 0.152 e. The van der Waals surface area contributed by atoms with Gasteiger partial charge in [-0.1, -0.05) is 0 Å². The van der Waals surface area contributed by atoms with E-state index < -0.39 is 0 Å². The number of thiophene rings is 1. The van der Waals surface area contributed by atoms with Gasteiger partial charge in [0.1, 0.15) is 22.8 Å². The second-order valence-electron chi connectivity index (χ2n) is 5.33. The number of fused-ring (bicyclic) bond motifs is 2. The Kier molecular flexibility index (Phi) is 2.88. The van der Waals surface area contributed by atoms with Gasteiger partial charge in [0.2, 0.25) is 0 Å². The Bertz CT molecular complexity index is 818. The van der Waals surface area contributed by atoms with E-state index in [1.165, 1.54) is 16.9 Å². The van der Waals surface area contributed by atoms with Crippen LogP contribution in [0.5, 0.6) is 0 Å². The molecule has 4 rings (SSSR count). The minimum atomic E-state index is 0.646. The monoisotopic (exact) mass is 300 g/mol. The van der Waals surface area contributed by atoms with Crippen LogP contribution >= 0.6 is 11.3 Å². The van der Waals surface area contributed by atoms with Crippen LogP contribution in [0, 0.1) is 13.8 Å². The first kappa shape index (κ1) is 12.7. The molecule has 0 saturated carbocycles. The molecule has 6 nitrogen and oxygen atoms in total. The van der Waals surface area contributed by atoms with Crippen molar-refractivity contribution in [2.45, 2.75) is 39.8 Å². The molecule has 0 atom stereocenters. The molecule has 1 aliphatic heterocycles. The first-order valence-electron chi connectivity index (χ1n) is 7.09. The summed E-state index contributed by atoms with van der Waals surface area (Å²) < 4.78 is 2.21. The van der Waals surface area contributed by atoms with Crippen LogP contribution in [0.1, 0.15) is 28.5 Å². The topological polar surface area (TPSA) is 68.5 Å². The summed E-state index contributed by atoms with van der Waals surface area (Å²) in [7, 11) is 0. The molecule has 21 heavy (non-hydrogen) atoms. The Hall–Kier alpha value is -2.02. The minimum absolute atomic E-state index is 0.646. The largest absolute Gasteiger partial charge is 0.362 e. The van der Waals surface area contributed by atoms with E-state index in [9.17, 15) is 0 Å². The SMILES string of the molecule is Cc1sc2ncnc(NCc3nnc4n3CCC4)c2c1C. The Morgan fingerprint density at radius 3 is 3.10 bits per heavy atom. The number of nitrogens with zero attached hydrogens (tertiary/aromatic N) is 5. The van der Waals surface area contributed by atoms with Crippen molar-refractivity contribution in [1.29, 1.82) is 0 Å². The van der Waals surface area contributed by atoms with Crippen LogP contribution in [-0.4, -0.2) is 24.7 Å². The number of hydrogen-bond acceptors (Lipinski definition) is 6. The Morgan fingerprint density at radius 1 is 1.29 bits per heavy atom. The number of aryl methyl sites for hydroxylation is 3. The molecule has 4 heterocycles. The van der Waals surface area contributed by atoms with Gasteiger partial charge in [-0.2, -0.15) is 0 Å². The molecule has 0 unspecified atom stereocenters. The Labute approximate surface area is 126 Å². The van der Waals surface area contributed by atoms with Gasteiger partial charge < -0.3 is 9.88 Å². The second-order valence-corrected chi connectivity index (χ2v) is 6.53. The third-order valence-electron chi connectivity index (χ3n) is 4.07. The zero-order valence-electron chi connectivity index (χ0n) is 12.1. The van der Waals surface area contributed by atoms with Crippen LogP contribution in [0.15, 0.2) is 6.33 Å². The van der Waals surface area contributed by atoms with Crippen LogP contribution < -0.4 is 5.32 Å². The van der Waals surface area contributed by atoms with Gasteiger partial charge in [0.25, 0.3) is 0 Å². The molecular weight excluding hydrogens is 284 g/mol. The highest BCUT2D eigenvalue weighted by molar-refractivity contribution is 7.18. The summed E-state index contributed by atoms with van der Waals surface area (Å²) in [6.45, 7) is 5.91. The minimum Gasteiger partial charge on any atom is -0.362 e. The van der Waals surface area contributed by atoms with E-state index in [0.717, 1.165) is 40.6 Å². The summed E-state index contributed by atoms with van der Waals surface area (Å²) >= 11 is 1.71.